The highest BCUT2D eigenvalue weighted by Crippen LogP contribution is 2.40. The molecule has 124 valence electrons. The molecule has 0 amide bonds. The molecule has 0 aliphatic heterocycles. The zero-order valence-corrected chi connectivity index (χ0v) is 15.7. The number of rotatable bonds is 5. The van der Waals surface area contributed by atoms with Crippen molar-refractivity contribution in [1.82, 2.24) is 5.32 Å². The Morgan fingerprint density at radius 2 is 1.62 bits per heavy atom. The van der Waals surface area contributed by atoms with E-state index in [1.807, 2.05) is 0 Å². The molecule has 0 aromatic rings. The predicted molar refractivity (Wildman–Crippen MR) is 97.1 cm³/mol. The molecule has 0 spiro atoms. The van der Waals surface area contributed by atoms with Gasteiger partial charge in [0.25, 0.3) is 0 Å². The molecular formula is C19H37NS. The molecule has 0 heterocycles. The predicted octanol–water partition coefficient (Wildman–Crippen LogP) is 5.49. The third-order valence-electron chi connectivity index (χ3n) is 6.15. The summed E-state index contributed by atoms with van der Waals surface area (Å²) in [6.07, 6.45) is 15.3. The Morgan fingerprint density at radius 1 is 1.00 bits per heavy atom. The minimum absolute atomic E-state index is 0.517. The fourth-order valence-electron chi connectivity index (χ4n) is 4.39. The van der Waals surface area contributed by atoms with Crippen molar-refractivity contribution >= 4 is 11.8 Å². The van der Waals surface area contributed by atoms with Crippen LogP contribution in [0.5, 0.6) is 0 Å². The van der Waals surface area contributed by atoms with E-state index in [1.54, 1.807) is 0 Å². The third-order valence-corrected chi connectivity index (χ3v) is 7.57. The van der Waals surface area contributed by atoms with Crippen molar-refractivity contribution in [3.8, 4) is 0 Å². The maximum atomic E-state index is 3.85. The van der Waals surface area contributed by atoms with Crippen LogP contribution in [0, 0.1) is 17.3 Å². The molecule has 2 saturated carbocycles. The van der Waals surface area contributed by atoms with Crippen molar-refractivity contribution in [2.45, 2.75) is 83.3 Å². The molecular weight excluding hydrogens is 274 g/mol. The van der Waals surface area contributed by atoms with Gasteiger partial charge in [0.05, 0.1) is 0 Å². The molecule has 2 aliphatic carbocycles. The smallest absolute Gasteiger partial charge is 0.0281 e. The van der Waals surface area contributed by atoms with Gasteiger partial charge < -0.3 is 5.32 Å². The molecule has 0 saturated heterocycles. The van der Waals surface area contributed by atoms with Gasteiger partial charge in [0.15, 0.2) is 0 Å². The average molecular weight is 312 g/mol. The van der Waals surface area contributed by atoms with Crippen molar-refractivity contribution in [1.29, 1.82) is 0 Å². The summed E-state index contributed by atoms with van der Waals surface area (Å²) in [6.45, 7) is 9.76. The van der Waals surface area contributed by atoms with E-state index in [4.69, 9.17) is 0 Å². The Balaban J connectivity index is 1.68. The Labute approximate surface area is 137 Å². The quantitative estimate of drug-likeness (QED) is 0.720. The summed E-state index contributed by atoms with van der Waals surface area (Å²) in [5.41, 5.74) is 0.517. The molecule has 0 atom stereocenters. The van der Waals surface area contributed by atoms with Gasteiger partial charge in [-0.05, 0) is 68.6 Å². The first kappa shape index (κ1) is 17.7. The van der Waals surface area contributed by atoms with Crippen molar-refractivity contribution in [3.63, 3.8) is 0 Å². The monoisotopic (exact) mass is 311 g/mol. The van der Waals surface area contributed by atoms with Gasteiger partial charge in [0.1, 0.15) is 0 Å². The van der Waals surface area contributed by atoms with E-state index >= 15 is 0 Å². The minimum Gasteiger partial charge on any atom is -0.315 e. The highest BCUT2D eigenvalue weighted by atomic mass is 32.2. The van der Waals surface area contributed by atoms with Crippen molar-refractivity contribution in [2.75, 3.05) is 19.3 Å². The summed E-state index contributed by atoms with van der Waals surface area (Å²) in [7, 11) is 0. The second-order valence-corrected chi connectivity index (χ2v) is 9.94. The zero-order chi connectivity index (χ0) is 15.3. The average Bonchev–Trinajstić information content (AvgIpc) is 2.48. The molecule has 2 fully saturated rings. The molecule has 0 aromatic heterocycles. The molecule has 1 N–H and O–H groups in total. The van der Waals surface area contributed by atoms with Crippen LogP contribution in [0.3, 0.4) is 0 Å². The van der Waals surface area contributed by atoms with Crippen molar-refractivity contribution in [2.24, 2.45) is 17.3 Å². The molecule has 2 heteroatoms. The Kier molecular flexibility index (Phi) is 6.50. The van der Waals surface area contributed by atoms with E-state index in [0.717, 1.165) is 11.8 Å². The van der Waals surface area contributed by atoms with E-state index in [1.165, 1.54) is 70.9 Å². The van der Waals surface area contributed by atoms with Gasteiger partial charge in [-0.3, -0.25) is 0 Å². The largest absolute Gasteiger partial charge is 0.315 e. The summed E-state index contributed by atoms with van der Waals surface area (Å²) in [5, 5.41) is 3.85. The second-order valence-electron chi connectivity index (χ2n) is 8.66. The van der Waals surface area contributed by atoms with E-state index in [-0.39, 0.29) is 0 Å². The lowest BCUT2D eigenvalue weighted by Gasteiger charge is -2.38. The first-order chi connectivity index (χ1) is 9.95. The zero-order valence-electron chi connectivity index (χ0n) is 14.8. The Morgan fingerprint density at radius 3 is 2.14 bits per heavy atom. The fourth-order valence-corrected chi connectivity index (χ4v) is 5.33. The summed E-state index contributed by atoms with van der Waals surface area (Å²) in [5.74, 6) is 1.88. The van der Waals surface area contributed by atoms with Crippen LogP contribution in [0.4, 0.5) is 0 Å². The molecule has 2 rings (SSSR count). The minimum atomic E-state index is 0.517. The van der Waals surface area contributed by atoms with Gasteiger partial charge in [-0.15, -0.1) is 0 Å². The van der Waals surface area contributed by atoms with Gasteiger partial charge in [-0.25, -0.2) is 0 Å². The van der Waals surface area contributed by atoms with Gasteiger partial charge in [-0.1, -0.05) is 40.0 Å². The SMILES string of the molecule is CSC1(CNCC2CCC(C(C)(C)C)CC2)CCCCC1. The van der Waals surface area contributed by atoms with E-state index < -0.39 is 0 Å². The second kappa shape index (κ2) is 7.73. The summed E-state index contributed by atoms with van der Waals surface area (Å²) in [4.78, 5) is 0. The van der Waals surface area contributed by atoms with Gasteiger partial charge in [0, 0.05) is 11.3 Å². The highest BCUT2D eigenvalue weighted by Gasteiger charge is 2.32. The molecule has 0 unspecified atom stereocenters. The van der Waals surface area contributed by atoms with Crippen LogP contribution in [0.2, 0.25) is 0 Å². The number of hydrogen-bond acceptors (Lipinski definition) is 2. The molecule has 1 nitrogen and oxygen atoms in total. The van der Waals surface area contributed by atoms with Crippen LogP contribution >= 0.6 is 11.8 Å². The van der Waals surface area contributed by atoms with E-state index in [0.29, 0.717) is 10.2 Å². The van der Waals surface area contributed by atoms with Crippen LogP contribution < -0.4 is 5.32 Å². The molecule has 0 radical (unpaired) electrons. The maximum absolute atomic E-state index is 3.85. The normalized spacial score (nSPS) is 30.3. The summed E-state index contributed by atoms with van der Waals surface area (Å²) in [6, 6.07) is 0. The number of hydrogen-bond donors (Lipinski definition) is 1. The lowest BCUT2D eigenvalue weighted by molar-refractivity contribution is 0.148. The van der Waals surface area contributed by atoms with E-state index in [9.17, 15) is 0 Å². The van der Waals surface area contributed by atoms with Crippen LogP contribution in [0.1, 0.15) is 78.6 Å². The van der Waals surface area contributed by atoms with Crippen molar-refractivity contribution in [3.05, 3.63) is 0 Å². The Bertz CT molecular complexity index is 293. The van der Waals surface area contributed by atoms with Gasteiger partial charge in [0.2, 0.25) is 0 Å². The third kappa shape index (κ3) is 5.16. The lowest BCUT2D eigenvalue weighted by atomic mass is 9.70. The maximum Gasteiger partial charge on any atom is 0.0281 e. The van der Waals surface area contributed by atoms with Crippen LogP contribution in [-0.4, -0.2) is 24.1 Å². The highest BCUT2D eigenvalue weighted by molar-refractivity contribution is 8.00. The first-order valence-corrected chi connectivity index (χ1v) is 10.4. The van der Waals surface area contributed by atoms with Crippen LogP contribution in [0.25, 0.3) is 0 Å². The van der Waals surface area contributed by atoms with Gasteiger partial charge >= 0.3 is 0 Å². The van der Waals surface area contributed by atoms with Gasteiger partial charge in [-0.2, -0.15) is 11.8 Å². The lowest BCUT2D eigenvalue weighted by Crippen LogP contribution is -2.41. The fraction of sp³-hybridized carbons (Fsp3) is 1.00. The Hall–Kier alpha value is 0.310. The number of thioether (sulfide) groups is 1. The standard InChI is InChI=1S/C19H37NS/c1-18(2,3)17-10-8-16(9-11-17)14-20-15-19(21-4)12-6-5-7-13-19/h16-17,20H,5-15H2,1-4H3. The molecule has 0 aromatic carbocycles. The summed E-state index contributed by atoms with van der Waals surface area (Å²) < 4.78 is 0.556. The van der Waals surface area contributed by atoms with Crippen molar-refractivity contribution < 1.29 is 0 Å². The van der Waals surface area contributed by atoms with Crippen LogP contribution in [0.15, 0.2) is 0 Å². The van der Waals surface area contributed by atoms with Crippen LogP contribution in [-0.2, 0) is 0 Å². The topological polar surface area (TPSA) is 12.0 Å². The molecule has 0 bridgehead atoms. The van der Waals surface area contributed by atoms with E-state index in [2.05, 4.69) is 44.1 Å². The molecule has 21 heavy (non-hydrogen) atoms. The first-order valence-electron chi connectivity index (χ1n) is 9.21. The summed E-state index contributed by atoms with van der Waals surface area (Å²) >= 11 is 2.12. The molecule has 2 aliphatic rings. The number of nitrogens with one attached hydrogen (secondary N) is 1.